The van der Waals surface area contributed by atoms with E-state index in [1.54, 1.807) is 18.4 Å². The van der Waals surface area contributed by atoms with Gasteiger partial charge in [0.1, 0.15) is 11.6 Å². The van der Waals surface area contributed by atoms with Gasteiger partial charge >= 0.3 is 0 Å². The number of carbonyl (C=O) groups is 1. The first-order chi connectivity index (χ1) is 11.7. The molecule has 2 aromatic heterocycles. The van der Waals surface area contributed by atoms with Crippen molar-refractivity contribution in [2.75, 3.05) is 26.2 Å². The second-order valence-electron chi connectivity index (χ2n) is 5.91. The molecule has 3 heterocycles. The van der Waals surface area contributed by atoms with Gasteiger partial charge in [-0.1, -0.05) is 6.07 Å². The summed E-state index contributed by atoms with van der Waals surface area (Å²) in [4.78, 5) is 17.4. The van der Waals surface area contributed by atoms with E-state index in [2.05, 4.69) is 4.90 Å². The fourth-order valence-electron chi connectivity index (χ4n) is 3.02. The Balaban J connectivity index is 1.42. The molecule has 24 heavy (non-hydrogen) atoms. The smallest absolute Gasteiger partial charge is 0.264 e. The van der Waals surface area contributed by atoms with Crippen molar-refractivity contribution in [3.8, 4) is 0 Å². The minimum absolute atomic E-state index is 0.00625. The van der Waals surface area contributed by atoms with E-state index in [0.29, 0.717) is 23.4 Å². The molecule has 0 unspecified atom stereocenters. The van der Waals surface area contributed by atoms with Gasteiger partial charge < -0.3 is 9.32 Å². The lowest BCUT2D eigenvalue weighted by Gasteiger charge is -2.34. The number of amides is 1. The van der Waals surface area contributed by atoms with Crippen LogP contribution in [-0.4, -0.2) is 41.9 Å². The third-order valence-corrected chi connectivity index (χ3v) is 5.43. The number of nitrogens with zero attached hydrogens (tertiary/aromatic N) is 2. The largest absolute Gasteiger partial charge is 0.468 e. The third kappa shape index (κ3) is 2.95. The summed E-state index contributed by atoms with van der Waals surface area (Å²) in [6, 6.07) is 10.5. The van der Waals surface area contributed by atoms with Crippen LogP contribution in [0.2, 0.25) is 0 Å². The van der Waals surface area contributed by atoms with Crippen molar-refractivity contribution in [3.63, 3.8) is 0 Å². The molecule has 124 valence electrons. The van der Waals surface area contributed by atoms with Crippen LogP contribution in [-0.2, 0) is 6.54 Å². The van der Waals surface area contributed by atoms with E-state index >= 15 is 0 Å². The van der Waals surface area contributed by atoms with Crippen LogP contribution in [0.3, 0.4) is 0 Å². The van der Waals surface area contributed by atoms with Crippen molar-refractivity contribution >= 4 is 27.3 Å². The molecular formula is C18H17FN2O2S. The standard InChI is InChI=1S/C18H17FN2O2S/c19-15-4-1-5-16-14(15)11-17(24-16)18(22)21-8-6-20(7-9-21)12-13-3-2-10-23-13/h1-5,10-11H,6-9,12H2. The van der Waals surface area contributed by atoms with Crippen LogP contribution in [0.15, 0.2) is 47.1 Å². The molecule has 0 saturated carbocycles. The summed E-state index contributed by atoms with van der Waals surface area (Å²) in [5, 5.41) is 0.530. The number of halogens is 1. The predicted molar refractivity (Wildman–Crippen MR) is 91.7 cm³/mol. The lowest BCUT2D eigenvalue weighted by molar-refractivity contribution is 0.0625. The van der Waals surface area contributed by atoms with E-state index < -0.39 is 0 Å². The Morgan fingerprint density at radius 3 is 2.71 bits per heavy atom. The average molecular weight is 344 g/mol. The van der Waals surface area contributed by atoms with Gasteiger partial charge in [0, 0.05) is 36.3 Å². The Hall–Kier alpha value is -2.18. The third-order valence-electron chi connectivity index (χ3n) is 4.34. The van der Waals surface area contributed by atoms with Gasteiger partial charge in [0.05, 0.1) is 17.7 Å². The van der Waals surface area contributed by atoms with E-state index in [0.717, 1.165) is 30.1 Å². The van der Waals surface area contributed by atoms with Crippen molar-refractivity contribution in [2.45, 2.75) is 6.54 Å². The fourth-order valence-corrected chi connectivity index (χ4v) is 4.06. The fraction of sp³-hybridized carbons (Fsp3) is 0.278. The van der Waals surface area contributed by atoms with E-state index in [-0.39, 0.29) is 11.7 Å². The molecule has 4 nitrogen and oxygen atoms in total. The first-order valence-corrected chi connectivity index (χ1v) is 8.74. The molecule has 0 radical (unpaired) electrons. The van der Waals surface area contributed by atoms with Crippen LogP contribution in [0, 0.1) is 5.82 Å². The maximum atomic E-state index is 13.8. The number of thiophene rings is 1. The molecule has 0 aliphatic carbocycles. The summed E-state index contributed by atoms with van der Waals surface area (Å²) in [7, 11) is 0. The molecule has 1 amide bonds. The number of benzene rings is 1. The summed E-state index contributed by atoms with van der Waals surface area (Å²) >= 11 is 1.36. The molecule has 0 atom stereocenters. The number of furan rings is 1. The molecule has 0 spiro atoms. The Morgan fingerprint density at radius 2 is 2.00 bits per heavy atom. The van der Waals surface area contributed by atoms with Crippen LogP contribution in [0.5, 0.6) is 0 Å². The Morgan fingerprint density at radius 1 is 1.17 bits per heavy atom. The van der Waals surface area contributed by atoms with Gasteiger partial charge in [-0.25, -0.2) is 4.39 Å². The first kappa shape index (κ1) is 15.4. The van der Waals surface area contributed by atoms with Crippen LogP contribution in [0.25, 0.3) is 10.1 Å². The second kappa shape index (κ2) is 6.37. The molecule has 1 fully saturated rings. The average Bonchev–Trinajstić information content (AvgIpc) is 3.25. The zero-order valence-electron chi connectivity index (χ0n) is 13.1. The summed E-state index contributed by atoms with van der Waals surface area (Å²) in [5.41, 5.74) is 0. The number of carbonyl (C=O) groups excluding carboxylic acids is 1. The molecule has 1 aromatic carbocycles. The van der Waals surface area contributed by atoms with E-state index in [1.165, 1.54) is 17.4 Å². The van der Waals surface area contributed by atoms with Crippen molar-refractivity contribution in [1.82, 2.24) is 9.80 Å². The Labute approximate surface area is 143 Å². The normalized spacial score (nSPS) is 16.0. The van der Waals surface area contributed by atoms with Crippen molar-refractivity contribution in [3.05, 3.63) is 59.1 Å². The van der Waals surface area contributed by atoms with Crippen LogP contribution in [0.4, 0.5) is 4.39 Å². The summed E-state index contributed by atoms with van der Waals surface area (Å²) < 4.78 is 20.0. The minimum Gasteiger partial charge on any atom is -0.468 e. The summed E-state index contributed by atoms with van der Waals surface area (Å²) in [6.07, 6.45) is 1.68. The van der Waals surface area contributed by atoms with Crippen LogP contribution >= 0.6 is 11.3 Å². The van der Waals surface area contributed by atoms with Gasteiger partial charge in [-0.3, -0.25) is 9.69 Å². The number of fused-ring (bicyclic) bond motifs is 1. The zero-order chi connectivity index (χ0) is 16.5. The SMILES string of the molecule is O=C(c1cc2c(F)cccc2s1)N1CCN(Cc2ccco2)CC1. The molecule has 1 aliphatic heterocycles. The number of piperazine rings is 1. The van der Waals surface area contributed by atoms with Gasteiger partial charge in [-0.2, -0.15) is 0 Å². The molecule has 1 saturated heterocycles. The highest BCUT2D eigenvalue weighted by Crippen LogP contribution is 2.28. The van der Waals surface area contributed by atoms with Gasteiger partial charge in [-0.15, -0.1) is 11.3 Å². The number of hydrogen-bond donors (Lipinski definition) is 0. The maximum absolute atomic E-state index is 13.8. The topological polar surface area (TPSA) is 36.7 Å². The highest BCUT2D eigenvalue weighted by atomic mass is 32.1. The van der Waals surface area contributed by atoms with E-state index in [9.17, 15) is 9.18 Å². The van der Waals surface area contributed by atoms with E-state index in [4.69, 9.17) is 4.42 Å². The molecule has 0 bridgehead atoms. The highest BCUT2D eigenvalue weighted by Gasteiger charge is 2.24. The molecule has 3 aromatic rings. The Bertz CT molecular complexity index is 851. The van der Waals surface area contributed by atoms with Crippen LogP contribution < -0.4 is 0 Å². The summed E-state index contributed by atoms with van der Waals surface area (Å²) in [6.45, 7) is 3.74. The van der Waals surface area contributed by atoms with Gasteiger partial charge in [-0.05, 0) is 30.3 Å². The quantitative estimate of drug-likeness (QED) is 0.728. The molecule has 0 N–H and O–H groups in total. The van der Waals surface area contributed by atoms with E-state index in [1.807, 2.05) is 23.1 Å². The van der Waals surface area contributed by atoms with Crippen molar-refractivity contribution in [2.24, 2.45) is 0 Å². The summed E-state index contributed by atoms with van der Waals surface area (Å²) in [5.74, 6) is 0.661. The number of rotatable bonds is 3. The molecule has 6 heteroatoms. The van der Waals surface area contributed by atoms with Gasteiger partial charge in [0.25, 0.3) is 5.91 Å². The second-order valence-corrected chi connectivity index (χ2v) is 6.99. The molecule has 1 aliphatic rings. The Kier molecular flexibility index (Phi) is 4.08. The minimum atomic E-state index is -0.272. The molecular weight excluding hydrogens is 327 g/mol. The van der Waals surface area contributed by atoms with Crippen molar-refractivity contribution in [1.29, 1.82) is 0 Å². The maximum Gasteiger partial charge on any atom is 0.264 e. The predicted octanol–water partition coefficient (Wildman–Crippen LogP) is 3.59. The molecule has 4 rings (SSSR count). The first-order valence-electron chi connectivity index (χ1n) is 7.93. The van der Waals surface area contributed by atoms with Gasteiger partial charge in [0.2, 0.25) is 0 Å². The zero-order valence-corrected chi connectivity index (χ0v) is 13.9. The monoisotopic (exact) mass is 344 g/mol. The van der Waals surface area contributed by atoms with Gasteiger partial charge in [0.15, 0.2) is 0 Å². The lowest BCUT2D eigenvalue weighted by atomic mass is 10.2. The van der Waals surface area contributed by atoms with Crippen molar-refractivity contribution < 1.29 is 13.6 Å². The highest BCUT2D eigenvalue weighted by molar-refractivity contribution is 7.20. The number of hydrogen-bond acceptors (Lipinski definition) is 4. The van der Waals surface area contributed by atoms with Crippen LogP contribution in [0.1, 0.15) is 15.4 Å². The lowest BCUT2D eigenvalue weighted by Crippen LogP contribution is -2.48.